The average Bonchev–Trinajstić information content (AvgIpc) is 4.19. The molecular weight excluding hydrogens is 829 g/mol. The summed E-state index contributed by atoms with van der Waals surface area (Å²) in [6.07, 6.45) is 2.23. The molecule has 0 bridgehead atoms. The van der Waals surface area contributed by atoms with Gasteiger partial charge in [0.15, 0.2) is 5.79 Å². The molecule has 1 spiro atoms. The molecule has 4 aliphatic rings. The van der Waals surface area contributed by atoms with Gasteiger partial charge in [-0.25, -0.2) is 19.6 Å². The van der Waals surface area contributed by atoms with Gasteiger partial charge in [0, 0.05) is 23.9 Å². The zero-order valence-corrected chi connectivity index (χ0v) is 36.8. The number of methoxy groups -OCH3 is 2. The Morgan fingerprint density at radius 1 is 0.800 bits per heavy atom. The molecule has 6 aromatic rings. The van der Waals surface area contributed by atoms with Gasteiger partial charge in [0.25, 0.3) is 5.91 Å². The van der Waals surface area contributed by atoms with Gasteiger partial charge in [-0.1, -0.05) is 80.6 Å². The summed E-state index contributed by atoms with van der Waals surface area (Å²) in [6, 6.07) is 23.9. The number of ether oxygens (including phenoxy) is 4. The average molecular weight is 881 g/mol. The smallest absolute Gasteiger partial charge is 0.407 e. The number of H-pyrrole nitrogens is 2. The van der Waals surface area contributed by atoms with E-state index in [-0.39, 0.29) is 30.3 Å². The Morgan fingerprint density at radius 3 is 2.31 bits per heavy atom. The van der Waals surface area contributed by atoms with Crippen molar-refractivity contribution in [3.8, 4) is 22.4 Å². The van der Waals surface area contributed by atoms with Crippen molar-refractivity contribution in [2.45, 2.75) is 75.9 Å². The molecule has 0 radical (unpaired) electrons. The molecule has 4 atom stereocenters. The summed E-state index contributed by atoms with van der Waals surface area (Å²) in [5.74, 6) is -0.228. The lowest BCUT2D eigenvalue weighted by Crippen LogP contribution is -2.52. The number of imidazole rings is 2. The summed E-state index contributed by atoms with van der Waals surface area (Å²) in [5.41, 5.74) is 8.78. The lowest BCUT2D eigenvalue weighted by atomic mass is 9.89. The highest BCUT2D eigenvalue weighted by molar-refractivity contribution is 6.05. The van der Waals surface area contributed by atoms with Crippen molar-refractivity contribution in [1.82, 2.24) is 40.4 Å². The zero-order valence-electron chi connectivity index (χ0n) is 36.8. The van der Waals surface area contributed by atoms with Crippen LogP contribution in [0, 0.1) is 5.92 Å². The van der Waals surface area contributed by atoms with E-state index in [1.807, 2.05) is 55.1 Å². The Kier molecular flexibility index (Phi) is 11.0. The number of aromatic nitrogens is 4. The Morgan fingerprint density at radius 2 is 1.54 bits per heavy atom. The van der Waals surface area contributed by atoms with Crippen LogP contribution in [-0.4, -0.2) is 106 Å². The van der Waals surface area contributed by atoms with Crippen LogP contribution in [0.3, 0.4) is 0 Å². The molecule has 0 saturated carbocycles. The number of nitrogens with one attached hydrogen (secondary N) is 4. The maximum Gasteiger partial charge on any atom is 0.407 e. The van der Waals surface area contributed by atoms with E-state index in [1.54, 1.807) is 4.90 Å². The molecule has 2 aromatic heterocycles. The lowest BCUT2D eigenvalue weighted by Gasteiger charge is -2.30. The van der Waals surface area contributed by atoms with E-state index in [1.165, 1.54) is 19.8 Å². The number of rotatable bonds is 9. The van der Waals surface area contributed by atoms with E-state index in [9.17, 15) is 19.2 Å². The number of amides is 4. The maximum absolute atomic E-state index is 14.2. The Hall–Kier alpha value is -6.78. The second-order valence-electron chi connectivity index (χ2n) is 17.7. The first-order valence-corrected chi connectivity index (χ1v) is 22.3. The monoisotopic (exact) mass is 880 g/mol. The first-order valence-electron chi connectivity index (χ1n) is 22.3. The molecule has 16 heteroatoms. The molecule has 4 aromatic carbocycles. The number of carbonyl (C=O) groups excluding carboxylic acids is 4. The van der Waals surface area contributed by atoms with Gasteiger partial charge in [0.2, 0.25) is 5.91 Å². The third-order valence-corrected chi connectivity index (χ3v) is 13.4. The molecule has 10 rings (SSSR count). The van der Waals surface area contributed by atoms with Gasteiger partial charge >= 0.3 is 12.2 Å². The van der Waals surface area contributed by atoms with Crippen molar-refractivity contribution >= 4 is 45.8 Å². The Labute approximate surface area is 375 Å². The van der Waals surface area contributed by atoms with Crippen LogP contribution in [0.1, 0.15) is 79.7 Å². The van der Waals surface area contributed by atoms with Crippen LogP contribution in [-0.2, 0) is 41.4 Å². The van der Waals surface area contributed by atoms with Crippen molar-refractivity contribution in [3.63, 3.8) is 0 Å². The largest absolute Gasteiger partial charge is 0.453 e. The number of fused-ring (bicyclic) bond motifs is 6. The zero-order chi connectivity index (χ0) is 45.0. The molecule has 65 heavy (non-hydrogen) atoms. The van der Waals surface area contributed by atoms with E-state index in [4.69, 9.17) is 28.9 Å². The van der Waals surface area contributed by atoms with Gasteiger partial charge in [0.05, 0.1) is 68.5 Å². The van der Waals surface area contributed by atoms with Crippen LogP contribution in [0.25, 0.3) is 44.2 Å². The first-order chi connectivity index (χ1) is 31.5. The molecule has 336 valence electrons. The maximum atomic E-state index is 14.2. The van der Waals surface area contributed by atoms with Crippen molar-refractivity contribution in [2.24, 2.45) is 5.92 Å². The van der Waals surface area contributed by atoms with E-state index in [0.29, 0.717) is 37.6 Å². The second-order valence-corrected chi connectivity index (χ2v) is 17.7. The van der Waals surface area contributed by atoms with Crippen LogP contribution >= 0.6 is 0 Å². The molecule has 16 nitrogen and oxygen atoms in total. The molecule has 3 saturated heterocycles. The van der Waals surface area contributed by atoms with Crippen molar-refractivity contribution in [1.29, 1.82) is 0 Å². The van der Waals surface area contributed by atoms with Crippen LogP contribution in [0.15, 0.2) is 78.9 Å². The van der Waals surface area contributed by atoms with Gasteiger partial charge < -0.3 is 49.3 Å². The van der Waals surface area contributed by atoms with Gasteiger partial charge in [-0.05, 0) is 71.4 Å². The SMILES string of the molecule is COC(=O)N[C@H](C(=O)N1CC2(C[C@H]1c1nc3ccc4cc(-c5ccc6c(c5)CCc5nc([C@H]7CCCN7C(=O)[C@H](NC(=O)OC)c7ccccc7)[nH]c5-6)ccc4c3[nH]1)OCCO2)C(C)C. The Bertz CT molecular complexity index is 2810. The summed E-state index contributed by atoms with van der Waals surface area (Å²) in [5, 5.41) is 7.50. The highest BCUT2D eigenvalue weighted by Crippen LogP contribution is 2.44. The van der Waals surface area contributed by atoms with Crippen LogP contribution in [0.5, 0.6) is 0 Å². The quantitative estimate of drug-likeness (QED) is 0.117. The molecule has 3 aliphatic heterocycles. The predicted molar refractivity (Wildman–Crippen MR) is 240 cm³/mol. The van der Waals surface area contributed by atoms with E-state index < -0.39 is 36.1 Å². The van der Waals surface area contributed by atoms with E-state index >= 15 is 0 Å². The Balaban J connectivity index is 0.904. The molecule has 4 N–H and O–H groups in total. The van der Waals surface area contributed by atoms with Crippen molar-refractivity contribution in [3.05, 3.63) is 107 Å². The minimum absolute atomic E-state index is 0.199. The molecular formula is C49H52N8O8. The third kappa shape index (κ3) is 7.73. The number of hydrogen-bond acceptors (Lipinski definition) is 10. The van der Waals surface area contributed by atoms with Crippen LogP contribution in [0.2, 0.25) is 0 Å². The highest BCUT2D eigenvalue weighted by Gasteiger charge is 2.53. The molecule has 5 heterocycles. The fourth-order valence-electron chi connectivity index (χ4n) is 10.1. The van der Waals surface area contributed by atoms with Gasteiger partial charge in [0.1, 0.15) is 23.7 Å². The molecule has 1 aliphatic carbocycles. The number of likely N-dealkylation sites (tertiary alicyclic amines) is 2. The third-order valence-electron chi connectivity index (χ3n) is 13.4. The topological polar surface area (TPSA) is 193 Å². The highest BCUT2D eigenvalue weighted by atomic mass is 16.7. The first kappa shape index (κ1) is 42.2. The van der Waals surface area contributed by atoms with Gasteiger partial charge in [-0.2, -0.15) is 0 Å². The van der Waals surface area contributed by atoms with Crippen molar-refractivity contribution in [2.75, 3.05) is 40.5 Å². The minimum Gasteiger partial charge on any atom is -0.453 e. The summed E-state index contributed by atoms with van der Waals surface area (Å²) >= 11 is 0. The number of benzene rings is 4. The number of carbonyl (C=O) groups is 4. The number of aryl methyl sites for hydroxylation is 2. The van der Waals surface area contributed by atoms with E-state index in [2.05, 4.69) is 63.1 Å². The number of nitrogens with zero attached hydrogens (tertiary/aromatic N) is 4. The second kappa shape index (κ2) is 17.0. The van der Waals surface area contributed by atoms with Gasteiger partial charge in [-0.15, -0.1) is 0 Å². The van der Waals surface area contributed by atoms with Gasteiger partial charge in [-0.3, -0.25) is 9.59 Å². The number of alkyl carbamates (subject to hydrolysis) is 2. The van der Waals surface area contributed by atoms with E-state index in [0.717, 1.165) is 81.4 Å². The summed E-state index contributed by atoms with van der Waals surface area (Å²) in [4.78, 5) is 73.7. The summed E-state index contributed by atoms with van der Waals surface area (Å²) < 4.78 is 21.9. The van der Waals surface area contributed by atoms with Crippen LogP contribution < -0.4 is 10.6 Å². The molecule has 4 amide bonds. The fraction of sp³-hybridized carbons (Fsp3) is 0.388. The minimum atomic E-state index is -0.949. The summed E-state index contributed by atoms with van der Waals surface area (Å²) in [7, 11) is 2.57. The predicted octanol–water partition coefficient (Wildman–Crippen LogP) is 7.03. The normalized spacial score (nSPS) is 19.6. The summed E-state index contributed by atoms with van der Waals surface area (Å²) in [6.45, 7) is 5.40. The fourth-order valence-corrected chi connectivity index (χ4v) is 10.1. The van der Waals surface area contributed by atoms with Crippen molar-refractivity contribution < 1.29 is 38.1 Å². The molecule has 0 unspecified atom stereocenters. The number of aromatic amines is 2. The number of hydrogen-bond donors (Lipinski definition) is 4. The lowest BCUT2D eigenvalue weighted by molar-refractivity contribution is -0.153. The van der Waals surface area contributed by atoms with Crippen LogP contribution in [0.4, 0.5) is 9.59 Å². The standard InChI is InChI=1S/C49H52N8O8/c1-27(2)39(54-47(60)62-3)45(58)57-26-49(64-21-22-65-49)25-38(57)44-51-36-19-15-32-24-30(13-17-34(32)42(36)53-44)29-12-16-33-31(23-29)14-18-35-41(33)52-43(50-35)37-11-8-20-56(37)46(59)40(55-48(61)63-4)28-9-6-5-7-10-28/h5-7,9-10,12-13,15-17,19,23-24,27,37-40H,8,11,14,18,20-22,25-26H2,1-4H3,(H,50,52)(H,51,53)(H,54,60)(H,55,61)/t37-,38+,39+,40-/m1/s1. The molecule has 3 fully saturated rings.